The van der Waals surface area contributed by atoms with Gasteiger partial charge in [0.25, 0.3) is 0 Å². The average molecular weight is 231 g/mol. The number of anilines is 1. The first-order valence-corrected chi connectivity index (χ1v) is 5.80. The lowest BCUT2D eigenvalue weighted by Crippen LogP contribution is -2.45. The molecule has 0 saturated carbocycles. The van der Waals surface area contributed by atoms with Crippen LogP contribution in [0.4, 0.5) is 5.82 Å². The molecular weight excluding hydrogens is 214 g/mol. The van der Waals surface area contributed by atoms with Crippen molar-refractivity contribution in [3.63, 3.8) is 0 Å². The van der Waals surface area contributed by atoms with Crippen LogP contribution >= 0.6 is 0 Å². The third-order valence-electron chi connectivity index (χ3n) is 3.01. The van der Waals surface area contributed by atoms with Gasteiger partial charge >= 0.3 is 0 Å². The number of rotatable bonds is 3. The van der Waals surface area contributed by atoms with Gasteiger partial charge in [0.15, 0.2) is 0 Å². The summed E-state index contributed by atoms with van der Waals surface area (Å²) in [6.45, 7) is 5.40. The van der Waals surface area contributed by atoms with Crippen molar-refractivity contribution in [3.05, 3.63) is 23.9 Å². The van der Waals surface area contributed by atoms with E-state index in [1.165, 1.54) is 5.56 Å². The molecule has 5 heteroatoms. The quantitative estimate of drug-likeness (QED) is 0.758. The highest BCUT2D eigenvalue weighted by Crippen LogP contribution is 2.08. The fourth-order valence-electron chi connectivity index (χ4n) is 1.99. The Kier molecular flexibility index (Phi) is 3.91. The van der Waals surface area contributed by atoms with E-state index < -0.39 is 0 Å². The Morgan fingerprint density at radius 2 is 1.94 bits per heavy atom. The Labute approximate surface area is 101 Å². The van der Waals surface area contributed by atoms with Crippen LogP contribution in [-0.2, 0) is 6.54 Å². The lowest BCUT2D eigenvalue weighted by atomic mass is 10.2. The minimum Gasteiger partial charge on any atom is -0.384 e. The topological polar surface area (TPSA) is 69.2 Å². The van der Waals surface area contributed by atoms with E-state index in [1.807, 2.05) is 18.3 Å². The molecule has 5 nitrogen and oxygen atoms in total. The first-order valence-electron chi connectivity index (χ1n) is 5.80. The summed E-state index contributed by atoms with van der Waals surface area (Å²) < 4.78 is 0. The average Bonchev–Trinajstić information content (AvgIpc) is 2.35. The number of piperazine rings is 1. The molecule has 0 aromatic carbocycles. The van der Waals surface area contributed by atoms with Gasteiger partial charge in [-0.05, 0) is 11.6 Å². The van der Waals surface area contributed by atoms with Crippen LogP contribution in [0, 0.1) is 11.3 Å². The fourth-order valence-corrected chi connectivity index (χ4v) is 1.99. The number of nitrogen functional groups attached to an aromatic ring is 1. The molecule has 0 unspecified atom stereocenters. The molecule has 1 fully saturated rings. The number of nitriles is 1. The van der Waals surface area contributed by atoms with Crippen molar-refractivity contribution in [1.82, 2.24) is 14.8 Å². The maximum Gasteiger partial charge on any atom is 0.123 e. The van der Waals surface area contributed by atoms with E-state index in [4.69, 9.17) is 11.0 Å². The smallest absolute Gasteiger partial charge is 0.123 e. The summed E-state index contributed by atoms with van der Waals surface area (Å²) in [4.78, 5) is 8.64. The van der Waals surface area contributed by atoms with Crippen LogP contribution in [0.25, 0.3) is 0 Å². The first kappa shape index (κ1) is 11.8. The molecule has 0 spiro atoms. The zero-order valence-electron chi connectivity index (χ0n) is 9.84. The molecule has 1 aromatic heterocycles. The van der Waals surface area contributed by atoms with E-state index >= 15 is 0 Å². The minimum absolute atomic E-state index is 0.539. The molecule has 0 amide bonds. The molecule has 2 N–H and O–H groups in total. The minimum atomic E-state index is 0.539. The molecular formula is C12H17N5. The Morgan fingerprint density at radius 3 is 2.53 bits per heavy atom. The number of hydrogen-bond donors (Lipinski definition) is 1. The van der Waals surface area contributed by atoms with Gasteiger partial charge < -0.3 is 5.73 Å². The van der Waals surface area contributed by atoms with Crippen LogP contribution in [0.3, 0.4) is 0 Å². The van der Waals surface area contributed by atoms with Crippen LogP contribution in [0.1, 0.15) is 5.56 Å². The van der Waals surface area contributed by atoms with Gasteiger partial charge in [0.05, 0.1) is 12.6 Å². The molecule has 0 radical (unpaired) electrons. The highest BCUT2D eigenvalue weighted by atomic mass is 15.3. The Balaban J connectivity index is 1.82. The van der Waals surface area contributed by atoms with Crippen molar-refractivity contribution in [2.24, 2.45) is 0 Å². The van der Waals surface area contributed by atoms with Gasteiger partial charge in [0, 0.05) is 38.9 Å². The molecule has 1 saturated heterocycles. The number of pyridine rings is 1. The number of hydrogen-bond acceptors (Lipinski definition) is 5. The largest absolute Gasteiger partial charge is 0.384 e. The van der Waals surface area contributed by atoms with Gasteiger partial charge in [-0.15, -0.1) is 0 Å². The van der Waals surface area contributed by atoms with Gasteiger partial charge in [-0.25, -0.2) is 4.98 Å². The van der Waals surface area contributed by atoms with Crippen LogP contribution in [-0.4, -0.2) is 47.5 Å². The first-order chi connectivity index (χ1) is 8.28. The van der Waals surface area contributed by atoms with Gasteiger partial charge in [-0.1, -0.05) is 6.07 Å². The molecule has 2 heterocycles. The number of aromatic nitrogens is 1. The Hall–Kier alpha value is -1.64. The SMILES string of the molecule is N#CCN1CCN(Cc2ccc(N)nc2)CC1. The zero-order valence-corrected chi connectivity index (χ0v) is 9.84. The van der Waals surface area contributed by atoms with Crippen molar-refractivity contribution in [3.8, 4) is 6.07 Å². The normalized spacial score (nSPS) is 17.8. The molecule has 1 aliphatic rings. The monoisotopic (exact) mass is 231 g/mol. The molecule has 0 atom stereocenters. The van der Waals surface area contributed by atoms with E-state index in [9.17, 15) is 0 Å². The summed E-state index contributed by atoms with van der Waals surface area (Å²) in [5.74, 6) is 0.563. The predicted molar refractivity (Wildman–Crippen MR) is 66.0 cm³/mol. The van der Waals surface area contributed by atoms with Gasteiger partial charge in [-0.3, -0.25) is 9.80 Å². The van der Waals surface area contributed by atoms with E-state index in [0.717, 1.165) is 32.7 Å². The molecule has 1 aliphatic heterocycles. The molecule has 0 aliphatic carbocycles. The third-order valence-corrected chi connectivity index (χ3v) is 3.01. The Bertz CT molecular complexity index is 386. The summed E-state index contributed by atoms with van der Waals surface area (Å²) in [6.07, 6.45) is 1.83. The predicted octanol–water partition coefficient (Wildman–Crippen LogP) is 0.305. The number of nitrogens with two attached hydrogens (primary N) is 1. The highest BCUT2D eigenvalue weighted by Gasteiger charge is 2.16. The van der Waals surface area contributed by atoms with Gasteiger partial charge in [0.1, 0.15) is 5.82 Å². The second-order valence-corrected chi connectivity index (χ2v) is 4.30. The zero-order chi connectivity index (χ0) is 12.1. The maximum atomic E-state index is 8.62. The van der Waals surface area contributed by atoms with Crippen LogP contribution < -0.4 is 5.73 Å². The summed E-state index contributed by atoms with van der Waals surface area (Å²) in [5.41, 5.74) is 6.74. The number of nitrogens with zero attached hydrogens (tertiary/aromatic N) is 4. The molecule has 2 rings (SSSR count). The van der Waals surface area contributed by atoms with Crippen LogP contribution in [0.5, 0.6) is 0 Å². The second kappa shape index (κ2) is 5.62. The van der Waals surface area contributed by atoms with Crippen molar-refractivity contribution < 1.29 is 0 Å². The van der Waals surface area contributed by atoms with E-state index in [-0.39, 0.29) is 0 Å². The Morgan fingerprint density at radius 1 is 1.24 bits per heavy atom. The highest BCUT2D eigenvalue weighted by molar-refractivity contribution is 5.29. The van der Waals surface area contributed by atoms with Crippen LogP contribution in [0.15, 0.2) is 18.3 Å². The summed E-state index contributed by atoms with van der Waals surface area (Å²) >= 11 is 0. The van der Waals surface area contributed by atoms with Crippen molar-refractivity contribution in [1.29, 1.82) is 5.26 Å². The van der Waals surface area contributed by atoms with Crippen molar-refractivity contribution >= 4 is 5.82 Å². The summed E-state index contributed by atoms with van der Waals surface area (Å²) in [5, 5.41) is 8.62. The van der Waals surface area contributed by atoms with Crippen LogP contribution in [0.2, 0.25) is 0 Å². The molecule has 90 valence electrons. The summed E-state index contributed by atoms with van der Waals surface area (Å²) in [6, 6.07) is 6.04. The lowest BCUT2D eigenvalue weighted by molar-refractivity contribution is 0.138. The van der Waals surface area contributed by atoms with Gasteiger partial charge in [-0.2, -0.15) is 5.26 Å². The fraction of sp³-hybridized carbons (Fsp3) is 0.500. The molecule has 1 aromatic rings. The van der Waals surface area contributed by atoms with E-state index in [2.05, 4.69) is 20.9 Å². The van der Waals surface area contributed by atoms with E-state index in [0.29, 0.717) is 12.4 Å². The summed E-state index contributed by atoms with van der Waals surface area (Å²) in [7, 11) is 0. The lowest BCUT2D eigenvalue weighted by Gasteiger charge is -2.33. The van der Waals surface area contributed by atoms with Gasteiger partial charge in [0.2, 0.25) is 0 Å². The molecule has 0 bridgehead atoms. The molecule has 17 heavy (non-hydrogen) atoms. The maximum absolute atomic E-state index is 8.62. The van der Waals surface area contributed by atoms with E-state index in [1.54, 1.807) is 0 Å². The standard InChI is InChI=1S/C12H17N5/c13-3-4-16-5-7-17(8-6-16)10-11-1-2-12(14)15-9-11/h1-2,9H,4-8,10H2,(H2,14,15). The third kappa shape index (κ3) is 3.41. The second-order valence-electron chi connectivity index (χ2n) is 4.30. The van der Waals surface area contributed by atoms with Crippen molar-refractivity contribution in [2.45, 2.75) is 6.54 Å². The van der Waals surface area contributed by atoms with Crippen molar-refractivity contribution in [2.75, 3.05) is 38.5 Å².